The van der Waals surface area contributed by atoms with Gasteiger partial charge in [0.05, 0.1) is 12.8 Å². The SMILES string of the molecule is COC(=O)[C@@H](C)N(N=C1CCCCC1)c1ccccc1. The number of rotatable bonds is 4. The van der Waals surface area contributed by atoms with Crippen LogP contribution < -0.4 is 5.01 Å². The lowest BCUT2D eigenvalue weighted by Crippen LogP contribution is -2.37. The Morgan fingerprint density at radius 1 is 1.20 bits per heavy atom. The van der Waals surface area contributed by atoms with Gasteiger partial charge in [-0.05, 0) is 44.7 Å². The molecule has 0 bridgehead atoms. The zero-order chi connectivity index (χ0) is 14.4. The Labute approximate surface area is 120 Å². The lowest BCUT2D eigenvalue weighted by Gasteiger charge is -2.26. The summed E-state index contributed by atoms with van der Waals surface area (Å²) in [5.41, 5.74) is 2.10. The molecule has 108 valence electrons. The summed E-state index contributed by atoms with van der Waals surface area (Å²) in [7, 11) is 1.41. The number of carbonyl (C=O) groups is 1. The molecule has 0 aliphatic heterocycles. The van der Waals surface area contributed by atoms with Crippen molar-refractivity contribution in [1.29, 1.82) is 0 Å². The van der Waals surface area contributed by atoms with Gasteiger partial charge in [0.25, 0.3) is 0 Å². The molecule has 1 aliphatic rings. The maximum atomic E-state index is 11.8. The quantitative estimate of drug-likeness (QED) is 0.624. The largest absolute Gasteiger partial charge is 0.467 e. The molecule has 1 aromatic carbocycles. The molecule has 0 amide bonds. The van der Waals surface area contributed by atoms with Crippen molar-refractivity contribution in [2.24, 2.45) is 5.10 Å². The molecule has 1 aliphatic carbocycles. The van der Waals surface area contributed by atoms with Crippen molar-refractivity contribution in [3.05, 3.63) is 30.3 Å². The topological polar surface area (TPSA) is 41.9 Å². The third-order valence-electron chi connectivity index (χ3n) is 3.61. The highest BCUT2D eigenvalue weighted by atomic mass is 16.5. The van der Waals surface area contributed by atoms with Gasteiger partial charge < -0.3 is 4.74 Å². The molecule has 0 radical (unpaired) electrons. The molecule has 0 saturated heterocycles. The first kappa shape index (κ1) is 14.6. The number of benzene rings is 1. The van der Waals surface area contributed by atoms with E-state index < -0.39 is 6.04 Å². The number of carbonyl (C=O) groups excluding carboxylic acids is 1. The van der Waals surface area contributed by atoms with E-state index in [0.29, 0.717) is 0 Å². The number of para-hydroxylation sites is 1. The van der Waals surface area contributed by atoms with Gasteiger partial charge in [-0.25, -0.2) is 4.79 Å². The maximum absolute atomic E-state index is 11.8. The van der Waals surface area contributed by atoms with Gasteiger partial charge in [-0.1, -0.05) is 24.6 Å². The highest BCUT2D eigenvalue weighted by Crippen LogP contribution is 2.21. The van der Waals surface area contributed by atoms with E-state index in [1.807, 2.05) is 37.3 Å². The number of anilines is 1. The van der Waals surface area contributed by atoms with E-state index in [2.05, 4.69) is 0 Å². The van der Waals surface area contributed by atoms with Gasteiger partial charge in [0.2, 0.25) is 0 Å². The summed E-state index contributed by atoms with van der Waals surface area (Å²) in [6.07, 6.45) is 5.70. The van der Waals surface area contributed by atoms with Crippen LogP contribution in [-0.4, -0.2) is 24.8 Å². The minimum absolute atomic E-state index is 0.269. The summed E-state index contributed by atoms with van der Waals surface area (Å²) < 4.78 is 4.85. The van der Waals surface area contributed by atoms with Gasteiger partial charge in [-0.15, -0.1) is 0 Å². The fraction of sp³-hybridized carbons (Fsp3) is 0.500. The first-order chi connectivity index (χ1) is 9.72. The maximum Gasteiger partial charge on any atom is 0.330 e. The van der Waals surface area contributed by atoms with Crippen LogP contribution >= 0.6 is 0 Å². The van der Waals surface area contributed by atoms with Crippen molar-refractivity contribution in [3.8, 4) is 0 Å². The number of esters is 1. The Kier molecular flexibility index (Phi) is 5.16. The molecule has 1 atom stereocenters. The number of nitrogens with zero attached hydrogens (tertiary/aromatic N) is 2. The van der Waals surface area contributed by atoms with Crippen molar-refractivity contribution in [2.45, 2.75) is 45.1 Å². The molecule has 0 spiro atoms. The zero-order valence-electron chi connectivity index (χ0n) is 12.2. The van der Waals surface area contributed by atoms with E-state index >= 15 is 0 Å². The third kappa shape index (κ3) is 3.59. The number of methoxy groups -OCH3 is 1. The van der Waals surface area contributed by atoms with Crippen LogP contribution in [0.2, 0.25) is 0 Å². The average Bonchev–Trinajstić information content (AvgIpc) is 2.53. The van der Waals surface area contributed by atoms with Crippen molar-refractivity contribution >= 4 is 17.4 Å². The fourth-order valence-electron chi connectivity index (χ4n) is 2.43. The van der Waals surface area contributed by atoms with Crippen molar-refractivity contribution in [1.82, 2.24) is 0 Å². The summed E-state index contributed by atoms with van der Waals surface area (Å²) in [5.74, 6) is -0.269. The lowest BCUT2D eigenvalue weighted by molar-refractivity contribution is -0.141. The van der Waals surface area contributed by atoms with E-state index in [1.165, 1.54) is 32.1 Å². The normalized spacial score (nSPS) is 16.4. The van der Waals surface area contributed by atoms with Crippen LogP contribution in [0.25, 0.3) is 0 Å². The molecule has 20 heavy (non-hydrogen) atoms. The van der Waals surface area contributed by atoms with Crippen LogP contribution in [0.3, 0.4) is 0 Å². The number of hydrogen-bond acceptors (Lipinski definition) is 4. The van der Waals surface area contributed by atoms with Crippen molar-refractivity contribution in [3.63, 3.8) is 0 Å². The number of hydrogen-bond donors (Lipinski definition) is 0. The Morgan fingerprint density at radius 3 is 2.45 bits per heavy atom. The zero-order valence-corrected chi connectivity index (χ0v) is 12.2. The van der Waals surface area contributed by atoms with E-state index in [1.54, 1.807) is 5.01 Å². The summed E-state index contributed by atoms with van der Waals surface area (Å²) in [4.78, 5) is 11.8. The van der Waals surface area contributed by atoms with Crippen molar-refractivity contribution < 1.29 is 9.53 Å². The summed E-state index contributed by atoms with van der Waals surface area (Å²) >= 11 is 0. The second-order valence-corrected chi connectivity index (χ2v) is 5.11. The molecule has 1 saturated carbocycles. The van der Waals surface area contributed by atoms with E-state index in [-0.39, 0.29) is 5.97 Å². The number of ether oxygens (including phenoxy) is 1. The smallest absolute Gasteiger partial charge is 0.330 e. The summed E-state index contributed by atoms with van der Waals surface area (Å²) in [6.45, 7) is 1.83. The van der Waals surface area contributed by atoms with E-state index in [9.17, 15) is 4.79 Å². The molecular weight excluding hydrogens is 252 g/mol. The highest BCUT2D eigenvalue weighted by Gasteiger charge is 2.23. The molecular formula is C16H22N2O2. The highest BCUT2D eigenvalue weighted by molar-refractivity contribution is 5.87. The molecule has 0 aromatic heterocycles. The van der Waals surface area contributed by atoms with Crippen molar-refractivity contribution in [2.75, 3.05) is 12.1 Å². The molecule has 4 nitrogen and oxygen atoms in total. The Morgan fingerprint density at radius 2 is 1.85 bits per heavy atom. The minimum atomic E-state index is -0.420. The van der Waals surface area contributed by atoms with Crippen LogP contribution in [0, 0.1) is 0 Å². The Hall–Kier alpha value is -1.84. The summed E-state index contributed by atoms with van der Waals surface area (Å²) in [6, 6.07) is 9.37. The molecule has 2 rings (SSSR count). The molecule has 4 heteroatoms. The number of hydrazone groups is 1. The van der Waals surface area contributed by atoms with Crippen LogP contribution in [0.1, 0.15) is 39.0 Å². The van der Waals surface area contributed by atoms with Gasteiger partial charge in [-0.2, -0.15) is 5.10 Å². The van der Waals surface area contributed by atoms with Crippen LogP contribution in [0.15, 0.2) is 35.4 Å². The predicted octanol–water partition coefficient (Wildman–Crippen LogP) is 3.37. The Bertz CT molecular complexity index is 463. The standard InChI is InChI=1S/C16H22N2O2/c1-13(16(19)20-2)18(15-11-7-4-8-12-15)17-14-9-5-3-6-10-14/h4,7-8,11-13H,3,5-6,9-10H2,1-2H3/t13-/m1/s1. The predicted molar refractivity (Wildman–Crippen MR) is 80.9 cm³/mol. The Balaban J connectivity index is 2.26. The lowest BCUT2D eigenvalue weighted by atomic mass is 9.99. The van der Waals surface area contributed by atoms with E-state index in [4.69, 9.17) is 9.84 Å². The molecule has 0 N–H and O–H groups in total. The first-order valence-electron chi connectivity index (χ1n) is 7.21. The average molecular weight is 274 g/mol. The molecule has 1 aromatic rings. The van der Waals surface area contributed by atoms with Crippen LogP contribution in [0.4, 0.5) is 5.69 Å². The van der Waals surface area contributed by atoms with Gasteiger partial charge in [0.1, 0.15) is 6.04 Å². The minimum Gasteiger partial charge on any atom is -0.467 e. The van der Waals surface area contributed by atoms with Gasteiger partial charge >= 0.3 is 5.97 Å². The van der Waals surface area contributed by atoms with Crippen LogP contribution in [-0.2, 0) is 9.53 Å². The van der Waals surface area contributed by atoms with Crippen LogP contribution in [0.5, 0.6) is 0 Å². The monoisotopic (exact) mass is 274 g/mol. The summed E-state index contributed by atoms with van der Waals surface area (Å²) in [5, 5.41) is 6.51. The first-order valence-corrected chi connectivity index (χ1v) is 7.21. The van der Waals surface area contributed by atoms with Gasteiger partial charge in [-0.3, -0.25) is 5.01 Å². The third-order valence-corrected chi connectivity index (χ3v) is 3.61. The second kappa shape index (κ2) is 7.08. The molecule has 0 heterocycles. The van der Waals surface area contributed by atoms with E-state index in [0.717, 1.165) is 18.5 Å². The van der Waals surface area contributed by atoms with Gasteiger partial charge in [0.15, 0.2) is 0 Å². The molecule has 0 unspecified atom stereocenters. The van der Waals surface area contributed by atoms with Gasteiger partial charge in [0, 0.05) is 5.71 Å². The fourth-order valence-corrected chi connectivity index (χ4v) is 2.43. The second-order valence-electron chi connectivity index (χ2n) is 5.11. The molecule has 1 fully saturated rings.